The van der Waals surface area contributed by atoms with Gasteiger partial charge in [0.1, 0.15) is 5.82 Å². The molecule has 1 aromatic carbocycles. The minimum Gasteiger partial charge on any atom is -0.481 e. The smallest absolute Gasteiger partial charge is 0.230 e. The van der Waals surface area contributed by atoms with Crippen LogP contribution in [0.2, 0.25) is 0 Å². The lowest BCUT2D eigenvalue weighted by Gasteiger charge is -2.07. The van der Waals surface area contributed by atoms with Crippen molar-refractivity contribution < 1.29 is 4.74 Å². The fraction of sp³-hybridized carbons (Fsp3) is 0.353. The van der Waals surface area contributed by atoms with Gasteiger partial charge >= 0.3 is 0 Å². The number of ether oxygens (including phenoxy) is 1. The predicted octanol–water partition coefficient (Wildman–Crippen LogP) is 3.30. The molecule has 4 rings (SSSR count). The Balaban J connectivity index is 1.66. The van der Waals surface area contributed by atoms with E-state index in [-0.39, 0.29) is 0 Å². The minimum absolute atomic E-state index is 0.518. The number of imidazole rings is 1. The van der Waals surface area contributed by atoms with Crippen molar-refractivity contribution in [2.45, 2.75) is 32.2 Å². The summed E-state index contributed by atoms with van der Waals surface area (Å²) >= 11 is 0. The third-order valence-electron chi connectivity index (χ3n) is 4.20. The maximum Gasteiger partial charge on any atom is 0.230 e. The van der Waals surface area contributed by atoms with Crippen molar-refractivity contribution in [1.29, 1.82) is 0 Å². The van der Waals surface area contributed by atoms with Gasteiger partial charge in [0.05, 0.1) is 18.1 Å². The lowest BCUT2D eigenvalue weighted by Crippen LogP contribution is -2.00. The van der Waals surface area contributed by atoms with Gasteiger partial charge in [0.25, 0.3) is 0 Å². The average molecular weight is 309 g/mol. The van der Waals surface area contributed by atoms with E-state index < -0.39 is 0 Å². The highest BCUT2D eigenvalue weighted by Gasteiger charge is 2.13. The largest absolute Gasteiger partial charge is 0.481 e. The molecule has 0 bridgehead atoms. The van der Waals surface area contributed by atoms with Gasteiger partial charge in [0.2, 0.25) is 11.8 Å². The van der Waals surface area contributed by atoms with Crippen LogP contribution in [0.1, 0.15) is 25.1 Å². The molecule has 118 valence electrons. The van der Waals surface area contributed by atoms with E-state index in [0.717, 1.165) is 24.2 Å². The normalized spacial score (nSPS) is 14.3. The molecule has 1 aliphatic rings. The average Bonchev–Trinajstić information content (AvgIpc) is 2.75. The van der Waals surface area contributed by atoms with E-state index in [1.807, 2.05) is 6.07 Å². The molecule has 1 aliphatic heterocycles. The molecule has 0 unspecified atom stereocenters. The van der Waals surface area contributed by atoms with Gasteiger partial charge in [0, 0.05) is 30.9 Å². The molecule has 2 aromatic heterocycles. The number of hydrogen-bond donors (Lipinski definition) is 1. The Morgan fingerprint density at radius 3 is 3.00 bits per heavy atom. The predicted molar refractivity (Wildman–Crippen MR) is 89.2 cm³/mol. The molecule has 0 aliphatic carbocycles. The molecular formula is C17H19N5O. The zero-order chi connectivity index (χ0) is 15.6. The molecule has 0 amide bonds. The molecule has 0 saturated heterocycles. The number of nitrogens with zero attached hydrogens (tertiary/aromatic N) is 4. The third-order valence-corrected chi connectivity index (χ3v) is 4.20. The molecule has 0 fully saturated rings. The minimum atomic E-state index is 0.518. The van der Waals surface area contributed by atoms with Crippen molar-refractivity contribution in [2.24, 2.45) is 0 Å². The van der Waals surface area contributed by atoms with E-state index in [1.54, 1.807) is 19.4 Å². The zero-order valence-corrected chi connectivity index (χ0v) is 13.1. The van der Waals surface area contributed by atoms with Crippen LogP contribution in [0.3, 0.4) is 0 Å². The highest BCUT2D eigenvalue weighted by Crippen LogP contribution is 2.25. The summed E-state index contributed by atoms with van der Waals surface area (Å²) in [6, 6.07) is 7.95. The van der Waals surface area contributed by atoms with E-state index in [1.165, 1.54) is 30.6 Å². The van der Waals surface area contributed by atoms with Crippen molar-refractivity contribution in [3.63, 3.8) is 0 Å². The quantitative estimate of drug-likeness (QED) is 0.804. The van der Waals surface area contributed by atoms with Gasteiger partial charge in [-0.1, -0.05) is 6.42 Å². The Morgan fingerprint density at radius 1 is 1.13 bits per heavy atom. The van der Waals surface area contributed by atoms with Crippen LogP contribution in [0.4, 0.5) is 11.6 Å². The summed E-state index contributed by atoms with van der Waals surface area (Å²) in [5, 5.41) is 3.21. The second-order valence-corrected chi connectivity index (χ2v) is 5.74. The number of hydrogen-bond acceptors (Lipinski definition) is 5. The van der Waals surface area contributed by atoms with Crippen molar-refractivity contribution in [1.82, 2.24) is 19.5 Å². The summed E-state index contributed by atoms with van der Waals surface area (Å²) in [5.74, 6) is 2.26. The van der Waals surface area contributed by atoms with Gasteiger partial charge < -0.3 is 14.6 Å². The summed E-state index contributed by atoms with van der Waals surface area (Å²) in [4.78, 5) is 13.3. The van der Waals surface area contributed by atoms with Crippen LogP contribution in [0.15, 0.2) is 30.5 Å². The molecule has 3 heterocycles. The number of nitrogens with one attached hydrogen (secondary N) is 1. The fourth-order valence-corrected chi connectivity index (χ4v) is 3.07. The van der Waals surface area contributed by atoms with Crippen LogP contribution >= 0.6 is 0 Å². The van der Waals surface area contributed by atoms with Crippen molar-refractivity contribution in [3.05, 3.63) is 36.3 Å². The second-order valence-electron chi connectivity index (χ2n) is 5.74. The number of benzene rings is 1. The van der Waals surface area contributed by atoms with Crippen LogP contribution in [-0.4, -0.2) is 26.6 Å². The maximum atomic E-state index is 5.12. The van der Waals surface area contributed by atoms with Gasteiger partial charge in [-0.2, -0.15) is 4.98 Å². The van der Waals surface area contributed by atoms with E-state index in [4.69, 9.17) is 9.72 Å². The van der Waals surface area contributed by atoms with Crippen LogP contribution < -0.4 is 10.1 Å². The summed E-state index contributed by atoms with van der Waals surface area (Å²) in [7, 11) is 1.59. The Morgan fingerprint density at radius 2 is 2.09 bits per heavy atom. The van der Waals surface area contributed by atoms with Crippen LogP contribution in [0.5, 0.6) is 5.88 Å². The van der Waals surface area contributed by atoms with Crippen molar-refractivity contribution in [3.8, 4) is 5.88 Å². The highest BCUT2D eigenvalue weighted by molar-refractivity contribution is 5.81. The molecular weight excluding hydrogens is 290 g/mol. The fourth-order valence-electron chi connectivity index (χ4n) is 3.07. The standard InChI is InChI=1S/C17H19N5O/c1-23-16-8-9-18-17(21-16)19-12-6-7-14-13(11-12)20-15-5-3-2-4-10-22(14)15/h6-9,11H,2-5,10H2,1H3,(H,18,19,21). The molecule has 6 nitrogen and oxygen atoms in total. The Labute approximate surface area is 134 Å². The third kappa shape index (κ3) is 2.72. The molecule has 0 saturated carbocycles. The molecule has 0 atom stereocenters. The molecule has 0 radical (unpaired) electrons. The Bertz CT molecular complexity index is 842. The summed E-state index contributed by atoms with van der Waals surface area (Å²) < 4.78 is 7.48. The van der Waals surface area contributed by atoms with E-state index in [2.05, 4.69) is 32.0 Å². The highest BCUT2D eigenvalue weighted by atomic mass is 16.5. The molecule has 0 spiro atoms. The first-order valence-electron chi connectivity index (χ1n) is 7.97. The van der Waals surface area contributed by atoms with E-state index in [9.17, 15) is 0 Å². The number of rotatable bonds is 3. The first kappa shape index (κ1) is 14.0. The van der Waals surface area contributed by atoms with Crippen molar-refractivity contribution in [2.75, 3.05) is 12.4 Å². The van der Waals surface area contributed by atoms with E-state index >= 15 is 0 Å². The molecule has 1 N–H and O–H groups in total. The number of aromatic nitrogens is 4. The SMILES string of the molecule is COc1ccnc(Nc2ccc3c(c2)nc2n3CCCCC2)n1. The number of methoxy groups -OCH3 is 1. The molecule has 3 aromatic rings. The summed E-state index contributed by atoms with van der Waals surface area (Å²) in [5.41, 5.74) is 3.16. The summed E-state index contributed by atoms with van der Waals surface area (Å²) in [6.07, 6.45) is 6.49. The van der Waals surface area contributed by atoms with Gasteiger partial charge in [0.15, 0.2) is 0 Å². The topological polar surface area (TPSA) is 64.9 Å². The monoisotopic (exact) mass is 309 g/mol. The zero-order valence-electron chi connectivity index (χ0n) is 13.1. The van der Waals surface area contributed by atoms with Gasteiger partial charge in [-0.15, -0.1) is 0 Å². The lowest BCUT2D eigenvalue weighted by atomic mass is 10.2. The first-order valence-corrected chi connectivity index (χ1v) is 7.97. The number of fused-ring (bicyclic) bond motifs is 3. The first-order chi connectivity index (χ1) is 11.3. The summed E-state index contributed by atoms with van der Waals surface area (Å²) in [6.45, 7) is 1.07. The van der Waals surface area contributed by atoms with Crippen molar-refractivity contribution >= 4 is 22.7 Å². The maximum absolute atomic E-state index is 5.12. The van der Waals surface area contributed by atoms with Crippen LogP contribution in [0, 0.1) is 0 Å². The van der Waals surface area contributed by atoms with Gasteiger partial charge in [-0.05, 0) is 31.0 Å². The second kappa shape index (κ2) is 5.87. The number of anilines is 2. The molecule has 6 heteroatoms. The Hall–Kier alpha value is -2.63. The van der Waals surface area contributed by atoms with Gasteiger partial charge in [-0.3, -0.25) is 0 Å². The molecule has 23 heavy (non-hydrogen) atoms. The van der Waals surface area contributed by atoms with Crippen LogP contribution in [-0.2, 0) is 13.0 Å². The Kier molecular flexibility index (Phi) is 3.57. The lowest BCUT2D eigenvalue weighted by molar-refractivity contribution is 0.397. The number of aryl methyl sites for hydroxylation is 2. The van der Waals surface area contributed by atoms with Gasteiger partial charge in [-0.25, -0.2) is 9.97 Å². The van der Waals surface area contributed by atoms with E-state index in [0.29, 0.717) is 11.8 Å². The van der Waals surface area contributed by atoms with Crippen LogP contribution in [0.25, 0.3) is 11.0 Å².